The van der Waals surface area contributed by atoms with Gasteiger partial charge in [-0.3, -0.25) is 0 Å². The number of anilines is 1. The fourth-order valence-corrected chi connectivity index (χ4v) is 0.888. The van der Waals surface area contributed by atoms with Gasteiger partial charge >= 0.3 is 0 Å². The molecule has 1 aromatic carbocycles. The smallest absolute Gasteiger partial charge is 0.263 e. The van der Waals surface area contributed by atoms with Crippen LogP contribution in [-0.4, -0.2) is 6.54 Å². The number of benzene rings is 1. The molecule has 0 spiro atoms. The summed E-state index contributed by atoms with van der Waals surface area (Å²) in [5, 5.41) is 11.0. The van der Waals surface area contributed by atoms with E-state index in [1.807, 2.05) is 6.07 Å². The highest BCUT2D eigenvalue weighted by Crippen LogP contribution is 2.20. The van der Waals surface area contributed by atoms with Crippen molar-refractivity contribution in [2.24, 2.45) is 0 Å². The van der Waals surface area contributed by atoms with Gasteiger partial charge in [0.25, 0.3) is 6.43 Å². The number of alkyl halides is 2. The monoisotopic (exact) mass is 182 g/mol. The van der Waals surface area contributed by atoms with Gasteiger partial charge in [-0.1, -0.05) is 12.1 Å². The van der Waals surface area contributed by atoms with Crippen molar-refractivity contribution < 1.29 is 8.78 Å². The number of halogens is 2. The Morgan fingerprint density at radius 1 is 1.31 bits per heavy atom. The van der Waals surface area contributed by atoms with Crippen molar-refractivity contribution in [2.75, 3.05) is 11.9 Å². The number of nitrogens with zero attached hydrogens (tertiary/aromatic N) is 1. The Labute approximate surface area is 74.8 Å². The predicted octanol–water partition coefficient (Wildman–Crippen LogP) is 2.56. The SMILES string of the molecule is N#CCNc1ccc(C(F)F)cc1. The molecule has 1 N–H and O–H groups in total. The molecule has 0 saturated heterocycles. The number of hydrogen-bond donors (Lipinski definition) is 1. The second kappa shape index (κ2) is 4.41. The summed E-state index contributed by atoms with van der Waals surface area (Å²) in [7, 11) is 0. The standard InChI is InChI=1S/C9H8F2N2/c10-9(11)7-1-3-8(4-2-7)13-6-5-12/h1-4,9,13H,6H2. The first-order chi connectivity index (χ1) is 6.24. The molecule has 0 aliphatic heterocycles. The zero-order valence-corrected chi connectivity index (χ0v) is 6.80. The van der Waals surface area contributed by atoms with E-state index in [0.717, 1.165) is 0 Å². The molecule has 0 bridgehead atoms. The first-order valence-corrected chi connectivity index (χ1v) is 3.73. The van der Waals surface area contributed by atoms with E-state index in [2.05, 4.69) is 5.32 Å². The normalized spacial score (nSPS) is 9.69. The Morgan fingerprint density at radius 3 is 2.38 bits per heavy atom. The van der Waals surface area contributed by atoms with Crippen molar-refractivity contribution in [1.82, 2.24) is 0 Å². The van der Waals surface area contributed by atoms with Crippen molar-refractivity contribution in [2.45, 2.75) is 6.43 Å². The predicted molar refractivity (Wildman–Crippen MR) is 45.5 cm³/mol. The van der Waals surface area contributed by atoms with Gasteiger partial charge in [-0.2, -0.15) is 5.26 Å². The Balaban J connectivity index is 2.65. The van der Waals surface area contributed by atoms with Gasteiger partial charge in [0.15, 0.2) is 0 Å². The molecule has 0 fully saturated rings. The van der Waals surface area contributed by atoms with E-state index in [1.165, 1.54) is 24.3 Å². The maximum absolute atomic E-state index is 12.1. The van der Waals surface area contributed by atoms with E-state index >= 15 is 0 Å². The van der Waals surface area contributed by atoms with Crippen LogP contribution in [0.5, 0.6) is 0 Å². The quantitative estimate of drug-likeness (QED) is 0.729. The number of nitrogens with one attached hydrogen (secondary N) is 1. The van der Waals surface area contributed by atoms with Crippen molar-refractivity contribution >= 4 is 5.69 Å². The second-order valence-corrected chi connectivity index (χ2v) is 2.43. The summed E-state index contributed by atoms with van der Waals surface area (Å²) in [6.45, 7) is 0.175. The molecular formula is C9H8F2N2. The van der Waals surface area contributed by atoms with Crippen LogP contribution in [0.1, 0.15) is 12.0 Å². The Hall–Kier alpha value is -1.63. The Kier molecular flexibility index (Phi) is 3.21. The van der Waals surface area contributed by atoms with Crippen LogP contribution in [0.25, 0.3) is 0 Å². The molecule has 0 atom stereocenters. The maximum atomic E-state index is 12.1. The van der Waals surface area contributed by atoms with Crippen LogP contribution >= 0.6 is 0 Å². The third-order valence-electron chi connectivity index (χ3n) is 1.53. The molecule has 0 aliphatic rings. The number of rotatable bonds is 3. The van der Waals surface area contributed by atoms with Crippen LogP contribution in [0.4, 0.5) is 14.5 Å². The van der Waals surface area contributed by atoms with Gasteiger partial charge in [-0.25, -0.2) is 8.78 Å². The minimum Gasteiger partial charge on any atom is -0.372 e. The summed E-state index contributed by atoms with van der Waals surface area (Å²) < 4.78 is 24.2. The third kappa shape index (κ3) is 2.71. The van der Waals surface area contributed by atoms with Gasteiger partial charge in [0.1, 0.15) is 6.54 Å². The summed E-state index contributed by atoms with van der Waals surface area (Å²) in [6, 6.07) is 7.62. The largest absolute Gasteiger partial charge is 0.372 e. The molecule has 68 valence electrons. The topological polar surface area (TPSA) is 35.8 Å². The molecule has 4 heteroatoms. The molecule has 2 nitrogen and oxygen atoms in total. The molecule has 0 radical (unpaired) electrons. The minimum absolute atomic E-state index is 0.0116. The lowest BCUT2D eigenvalue weighted by atomic mass is 10.2. The molecule has 0 heterocycles. The lowest BCUT2D eigenvalue weighted by Gasteiger charge is -2.02. The first-order valence-electron chi connectivity index (χ1n) is 3.73. The lowest BCUT2D eigenvalue weighted by Crippen LogP contribution is -1.97. The van der Waals surface area contributed by atoms with Gasteiger partial charge in [-0.15, -0.1) is 0 Å². The molecule has 1 aromatic rings. The fraction of sp³-hybridized carbons (Fsp3) is 0.222. The average molecular weight is 182 g/mol. The van der Waals surface area contributed by atoms with Gasteiger partial charge in [0.2, 0.25) is 0 Å². The molecule has 0 aliphatic carbocycles. The van der Waals surface area contributed by atoms with Crippen LogP contribution in [0.15, 0.2) is 24.3 Å². The molecule has 0 saturated carbocycles. The van der Waals surface area contributed by atoms with Crippen LogP contribution in [-0.2, 0) is 0 Å². The van der Waals surface area contributed by atoms with E-state index in [4.69, 9.17) is 5.26 Å². The highest BCUT2D eigenvalue weighted by molar-refractivity contribution is 5.45. The van der Waals surface area contributed by atoms with Crippen LogP contribution < -0.4 is 5.32 Å². The molecule has 0 unspecified atom stereocenters. The molecule has 0 aromatic heterocycles. The summed E-state index contributed by atoms with van der Waals surface area (Å²) in [4.78, 5) is 0. The fourth-order valence-electron chi connectivity index (χ4n) is 0.888. The highest BCUT2D eigenvalue weighted by atomic mass is 19.3. The highest BCUT2D eigenvalue weighted by Gasteiger charge is 2.04. The van der Waals surface area contributed by atoms with Crippen molar-refractivity contribution in [3.63, 3.8) is 0 Å². The number of hydrogen-bond acceptors (Lipinski definition) is 2. The van der Waals surface area contributed by atoms with E-state index in [-0.39, 0.29) is 12.1 Å². The zero-order valence-electron chi connectivity index (χ0n) is 6.80. The second-order valence-electron chi connectivity index (χ2n) is 2.43. The summed E-state index contributed by atoms with van der Waals surface area (Å²) >= 11 is 0. The summed E-state index contributed by atoms with van der Waals surface area (Å²) in [6.07, 6.45) is -2.44. The molecular weight excluding hydrogens is 174 g/mol. The van der Waals surface area contributed by atoms with Crippen molar-refractivity contribution in [3.05, 3.63) is 29.8 Å². The summed E-state index contributed by atoms with van der Waals surface area (Å²) in [5.74, 6) is 0. The van der Waals surface area contributed by atoms with Crippen molar-refractivity contribution in [3.8, 4) is 6.07 Å². The van der Waals surface area contributed by atoms with Gasteiger partial charge < -0.3 is 5.32 Å². The van der Waals surface area contributed by atoms with Crippen LogP contribution in [0, 0.1) is 11.3 Å². The van der Waals surface area contributed by atoms with Gasteiger partial charge in [0.05, 0.1) is 6.07 Å². The van der Waals surface area contributed by atoms with Crippen molar-refractivity contribution in [1.29, 1.82) is 5.26 Å². The first kappa shape index (κ1) is 9.46. The van der Waals surface area contributed by atoms with E-state index in [9.17, 15) is 8.78 Å². The minimum atomic E-state index is -2.44. The molecule has 1 rings (SSSR count). The molecule has 13 heavy (non-hydrogen) atoms. The zero-order chi connectivity index (χ0) is 9.68. The van der Waals surface area contributed by atoms with Gasteiger partial charge in [-0.05, 0) is 12.1 Å². The van der Waals surface area contributed by atoms with Crippen LogP contribution in [0.2, 0.25) is 0 Å². The molecule has 0 amide bonds. The van der Waals surface area contributed by atoms with Gasteiger partial charge in [0, 0.05) is 11.3 Å². The van der Waals surface area contributed by atoms with Crippen LogP contribution in [0.3, 0.4) is 0 Å². The van der Waals surface area contributed by atoms with E-state index in [1.54, 1.807) is 0 Å². The third-order valence-corrected chi connectivity index (χ3v) is 1.53. The summed E-state index contributed by atoms with van der Waals surface area (Å²) in [5.41, 5.74) is 0.661. The maximum Gasteiger partial charge on any atom is 0.263 e. The Morgan fingerprint density at radius 2 is 1.92 bits per heavy atom. The van der Waals surface area contributed by atoms with E-state index in [0.29, 0.717) is 5.69 Å². The Bertz CT molecular complexity index is 300. The lowest BCUT2D eigenvalue weighted by molar-refractivity contribution is 0.151. The average Bonchev–Trinajstić information content (AvgIpc) is 2.15. The number of nitriles is 1. The van der Waals surface area contributed by atoms with E-state index < -0.39 is 6.43 Å².